The normalized spacial score (nSPS) is 11.9. The molecule has 0 aliphatic heterocycles. The molecule has 1 rings (SSSR count). The molecule has 18 heavy (non-hydrogen) atoms. The van der Waals surface area contributed by atoms with Gasteiger partial charge in [0.1, 0.15) is 0 Å². The zero-order chi connectivity index (χ0) is 13.5. The Morgan fingerprint density at radius 1 is 1.61 bits per heavy atom. The summed E-state index contributed by atoms with van der Waals surface area (Å²) in [6, 6.07) is 0. The molecule has 0 aromatic carbocycles. The highest BCUT2D eigenvalue weighted by Gasteiger charge is 2.15. The fourth-order valence-electron chi connectivity index (χ4n) is 1.19. The van der Waals surface area contributed by atoms with E-state index in [1.807, 2.05) is 12.3 Å². The molecule has 0 fully saturated rings. The Kier molecular flexibility index (Phi) is 6.14. The highest BCUT2D eigenvalue weighted by molar-refractivity contribution is 8.02. The van der Waals surface area contributed by atoms with Gasteiger partial charge >= 0.3 is 5.97 Å². The lowest BCUT2D eigenvalue weighted by Crippen LogP contribution is -2.27. The molecule has 1 aromatic rings. The molecule has 0 aliphatic carbocycles. The van der Waals surface area contributed by atoms with Crippen molar-refractivity contribution in [3.05, 3.63) is 11.1 Å². The first kappa shape index (κ1) is 15.0. The van der Waals surface area contributed by atoms with E-state index in [2.05, 4.69) is 10.3 Å². The third kappa shape index (κ3) is 4.66. The Balaban J connectivity index is 2.53. The van der Waals surface area contributed by atoms with Crippen LogP contribution in [0.4, 0.5) is 0 Å². The van der Waals surface area contributed by atoms with Crippen LogP contribution in [0.5, 0.6) is 0 Å². The fraction of sp³-hybridized carbons (Fsp3) is 0.545. The summed E-state index contributed by atoms with van der Waals surface area (Å²) in [4.78, 5) is 26.9. The molecular formula is C11H16N2O3S2. The maximum atomic E-state index is 11.4. The van der Waals surface area contributed by atoms with Crippen molar-refractivity contribution in [1.29, 1.82) is 0 Å². The van der Waals surface area contributed by atoms with Gasteiger partial charge in [0.25, 0.3) is 0 Å². The van der Waals surface area contributed by atoms with Crippen molar-refractivity contribution < 1.29 is 14.3 Å². The van der Waals surface area contributed by atoms with Crippen LogP contribution in [0.25, 0.3) is 0 Å². The minimum atomic E-state index is -0.279. The molecule has 0 saturated carbocycles. The summed E-state index contributed by atoms with van der Waals surface area (Å²) in [6.45, 7) is 3.96. The molecule has 1 heterocycles. The monoisotopic (exact) mass is 288 g/mol. The number of carbonyl (C=O) groups is 2. The van der Waals surface area contributed by atoms with Gasteiger partial charge in [-0.05, 0) is 13.8 Å². The van der Waals surface area contributed by atoms with E-state index in [9.17, 15) is 9.59 Å². The zero-order valence-corrected chi connectivity index (χ0v) is 12.2. The molecule has 1 atom stereocenters. The van der Waals surface area contributed by atoms with Crippen molar-refractivity contribution in [2.24, 2.45) is 0 Å². The number of esters is 1. The van der Waals surface area contributed by atoms with E-state index >= 15 is 0 Å². The average molecular weight is 288 g/mol. The van der Waals surface area contributed by atoms with Crippen molar-refractivity contribution in [3.63, 3.8) is 0 Å². The first-order valence-corrected chi connectivity index (χ1v) is 7.31. The number of hydrogen-bond donors (Lipinski definition) is 1. The quantitative estimate of drug-likeness (QED) is 0.634. The van der Waals surface area contributed by atoms with Crippen LogP contribution in [0.1, 0.15) is 19.5 Å². The number of aromatic nitrogens is 1. The fourth-order valence-corrected chi connectivity index (χ4v) is 3.23. The largest absolute Gasteiger partial charge is 0.466 e. The number of hydrogen-bond acceptors (Lipinski definition) is 6. The van der Waals surface area contributed by atoms with Crippen LogP contribution < -0.4 is 5.32 Å². The molecule has 7 heteroatoms. The van der Waals surface area contributed by atoms with Crippen molar-refractivity contribution in [2.45, 2.75) is 29.9 Å². The number of amides is 1. The Morgan fingerprint density at radius 3 is 2.94 bits per heavy atom. The van der Waals surface area contributed by atoms with Crippen molar-refractivity contribution in [1.82, 2.24) is 10.3 Å². The first-order chi connectivity index (χ1) is 8.56. The number of nitrogens with one attached hydrogen (secondary N) is 1. The van der Waals surface area contributed by atoms with E-state index in [0.29, 0.717) is 12.3 Å². The Hall–Kier alpha value is -1.08. The first-order valence-electron chi connectivity index (χ1n) is 5.55. The van der Waals surface area contributed by atoms with Gasteiger partial charge < -0.3 is 10.1 Å². The van der Waals surface area contributed by atoms with Crippen LogP contribution in [0.2, 0.25) is 0 Å². The molecule has 0 aliphatic rings. The number of thioether (sulfide) groups is 1. The molecule has 1 N–H and O–H groups in total. The SMILES string of the molecule is CCOC(=O)Cc1csc(SC(C)C(=O)NC)n1. The van der Waals surface area contributed by atoms with Gasteiger partial charge in [-0.25, -0.2) is 4.98 Å². The molecule has 5 nitrogen and oxygen atoms in total. The molecule has 0 radical (unpaired) electrons. The van der Waals surface area contributed by atoms with Gasteiger partial charge in [-0.15, -0.1) is 11.3 Å². The Morgan fingerprint density at radius 2 is 2.33 bits per heavy atom. The second-order valence-corrected chi connectivity index (χ2v) is 5.91. The summed E-state index contributed by atoms with van der Waals surface area (Å²) >= 11 is 2.81. The summed E-state index contributed by atoms with van der Waals surface area (Å²) in [6.07, 6.45) is 0.180. The highest BCUT2D eigenvalue weighted by atomic mass is 32.2. The lowest BCUT2D eigenvalue weighted by Gasteiger charge is -2.06. The highest BCUT2D eigenvalue weighted by Crippen LogP contribution is 2.27. The minimum Gasteiger partial charge on any atom is -0.466 e. The number of ether oxygens (including phenoxy) is 1. The maximum absolute atomic E-state index is 11.4. The lowest BCUT2D eigenvalue weighted by molar-refractivity contribution is -0.142. The standard InChI is InChI=1S/C11H16N2O3S2/c1-4-16-9(14)5-8-6-17-11(13-8)18-7(2)10(15)12-3/h6-7H,4-5H2,1-3H3,(H,12,15). The second kappa shape index (κ2) is 7.38. The molecule has 0 bridgehead atoms. The van der Waals surface area contributed by atoms with E-state index in [-0.39, 0.29) is 23.5 Å². The van der Waals surface area contributed by atoms with E-state index < -0.39 is 0 Å². The number of carbonyl (C=O) groups excluding carboxylic acids is 2. The van der Waals surface area contributed by atoms with Gasteiger partial charge in [-0.1, -0.05) is 11.8 Å². The maximum Gasteiger partial charge on any atom is 0.311 e. The van der Waals surface area contributed by atoms with E-state index in [0.717, 1.165) is 4.34 Å². The zero-order valence-electron chi connectivity index (χ0n) is 10.6. The minimum absolute atomic E-state index is 0.0397. The van der Waals surface area contributed by atoms with Gasteiger partial charge in [0.15, 0.2) is 4.34 Å². The number of nitrogens with zero attached hydrogens (tertiary/aromatic N) is 1. The summed E-state index contributed by atoms with van der Waals surface area (Å²) in [5.41, 5.74) is 0.685. The predicted molar refractivity (Wildman–Crippen MR) is 71.8 cm³/mol. The summed E-state index contributed by atoms with van der Waals surface area (Å²) < 4.78 is 5.63. The van der Waals surface area contributed by atoms with Crippen LogP contribution >= 0.6 is 23.1 Å². The van der Waals surface area contributed by atoms with E-state index in [4.69, 9.17) is 4.74 Å². The smallest absolute Gasteiger partial charge is 0.311 e. The number of rotatable bonds is 6. The van der Waals surface area contributed by atoms with Gasteiger partial charge in [0, 0.05) is 12.4 Å². The van der Waals surface area contributed by atoms with Gasteiger partial charge in [-0.3, -0.25) is 9.59 Å². The Bertz CT molecular complexity index is 420. The number of thiazole rings is 1. The van der Waals surface area contributed by atoms with Crippen molar-refractivity contribution >= 4 is 35.0 Å². The molecule has 1 unspecified atom stereocenters. The molecule has 0 saturated heterocycles. The van der Waals surface area contributed by atoms with E-state index in [1.54, 1.807) is 14.0 Å². The van der Waals surface area contributed by atoms with Gasteiger partial charge in [-0.2, -0.15) is 0 Å². The van der Waals surface area contributed by atoms with Crippen LogP contribution in [-0.2, 0) is 20.7 Å². The van der Waals surface area contributed by atoms with Crippen LogP contribution in [0.15, 0.2) is 9.72 Å². The molecule has 0 spiro atoms. The molecular weight excluding hydrogens is 272 g/mol. The summed E-state index contributed by atoms with van der Waals surface area (Å²) in [5, 5.41) is 4.20. The third-order valence-electron chi connectivity index (χ3n) is 2.05. The second-order valence-electron chi connectivity index (χ2n) is 3.46. The average Bonchev–Trinajstić information content (AvgIpc) is 2.75. The van der Waals surface area contributed by atoms with Gasteiger partial charge in [0.05, 0.1) is 24.0 Å². The lowest BCUT2D eigenvalue weighted by atomic mass is 10.3. The van der Waals surface area contributed by atoms with E-state index in [1.165, 1.54) is 23.1 Å². The third-order valence-corrected chi connectivity index (χ3v) is 4.18. The van der Waals surface area contributed by atoms with Crippen LogP contribution in [0.3, 0.4) is 0 Å². The summed E-state index contributed by atoms with van der Waals surface area (Å²) in [7, 11) is 1.60. The van der Waals surface area contributed by atoms with Crippen LogP contribution in [-0.4, -0.2) is 35.8 Å². The molecule has 100 valence electrons. The Labute approximate surface area is 114 Å². The van der Waals surface area contributed by atoms with Crippen LogP contribution in [0, 0.1) is 0 Å². The molecule has 1 amide bonds. The van der Waals surface area contributed by atoms with Crippen molar-refractivity contribution in [3.8, 4) is 0 Å². The summed E-state index contributed by atoms with van der Waals surface area (Å²) in [5.74, 6) is -0.319. The predicted octanol–water partition coefficient (Wildman–Crippen LogP) is 1.48. The topological polar surface area (TPSA) is 68.3 Å². The van der Waals surface area contributed by atoms with Crippen molar-refractivity contribution in [2.75, 3.05) is 13.7 Å². The molecule has 1 aromatic heterocycles. The van der Waals surface area contributed by atoms with Gasteiger partial charge in [0.2, 0.25) is 5.91 Å².